The average Bonchev–Trinajstić information content (AvgIpc) is 2.86. The molecule has 0 aromatic heterocycles. The highest BCUT2D eigenvalue weighted by Crippen LogP contribution is 2.24. The van der Waals surface area contributed by atoms with Gasteiger partial charge in [0.2, 0.25) is 0 Å². The van der Waals surface area contributed by atoms with Crippen LogP contribution >= 0.6 is 0 Å². The Morgan fingerprint density at radius 1 is 1.57 bits per heavy atom. The maximum atomic E-state index is 13.2. The fourth-order valence-corrected chi connectivity index (χ4v) is 2.93. The number of benzene rings is 1. The Labute approximate surface area is 124 Å². The molecule has 1 aliphatic heterocycles. The Kier molecular flexibility index (Phi) is 5.31. The van der Waals surface area contributed by atoms with Crippen LogP contribution in [0.2, 0.25) is 0 Å². The SMILES string of the molecule is COC(=O)[C@@H]1C[C@H](O)CN1C(C)CCc1cccc(F)c1. The van der Waals surface area contributed by atoms with Crippen molar-refractivity contribution in [2.45, 2.75) is 44.4 Å². The molecule has 1 N–H and O–H groups in total. The number of carbonyl (C=O) groups is 1. The zero-order chi connectivity index (χ0) is 15.4. The molecule has 0 saturated carbocycles. The van der Waals surface area contributed by atoms with Crippen molar-refractivity contribution in [1.29, 1.82) is 0 Å². The van der Waals surface area contributed by atoms with Gasteiger partial charge < -0.3 is 9.84 Å². The number of methoxy groups -OCH3 is 1. The summed E-state index contributed by atoms with van der Waals surface area (Å²) in [5, 5.41) is 9.79. The van der Waals surface area contributed by atoms with Crippen molar-refractivity contribution in [2.75, 3.05) is 13.7 Å². The maximum absolute atomic E-state index is 13.2. The summed E-state index contributed by atoms with van der Waals surface area (Å²) >= 11 is 0. The second kappa shape index (κ2) is 7.00. The van der Waals surface area contributed by atoms with E-state index in [0.29, 0.717) is 13.0 Å². The summed E-state index contributed by atoms with van der Waals surface area (Å²) in [5.41, 5.74) is 0.941. The highest BCUT2D eigenvalue weighted by atomic mass is 19.1. The molecule has 0 radical (unpaired) electrons. The van der Waals surface area contributed by atoms with Crippen LogP contribution in [0.4, 0.5) is 4.39 Å². The molecule has 2 rings (SSSR count). The number of aliphatic hydroxyl groups is 1. The molecule has 0 bridgehead atoms. The zero-order valence-electron chi connectivity index (χ0n) is 12.5. The van der Waals surface area contributed by atoms with Crippen molar-refractivity contribution in [2.24, 2.45) is 0 Å². The van der Waals surface area contributed by atoms with Crippen LogP contribution in [0.25, 0.3) is 0 Å². The van der Waals surface area contributed by atoms with Crippen LogP contribution in [-0.4, -0.2) is 47.8 Å². The first-order chi connectivity index (χ1) is 10.0. The maximum Gasteiger partial charge on any atom is 0.323 e. The number of carbonyl (C=O) groups excluding carboxylic acids is 1. The van der Waals surface area contributed by atoms with Crippen LogP contribution in [0.1, 0.15) is 25.3 Å². The minimum atomic E-state index is -0.495. The predicted octanol–water partition coefficient (Wildman–Crippen LogP) is 1.75. The van der Waals surface area contributed by atoms with Gasteiger partial charge in [-0.15, -0.1) is 0 Å². The normalized spacial score (nSPS) is 24.0. The second-order valence-electron chi connectivity index (χ2n) is 5.64. The summed E-state index contributed by atoms with van der Waals surface area (Å²) < 4.78 is 18.0. The Balaban J connectivity index is 1.95. The number of rotatable bonds is 5. The molecule has 1 aliphatic rings. The van der Waals surface area contributed by atoms with Crippen molar-refractivity contribution in [3.63, 3.8) is 0 Å². The molecular formula is C16H22FNO3. The molecule has 1 saturated heterocycles. The number of hydrogen-bond donors (Lipinski definition) is 1. The first-order valence-corrected chi connectivity index (χ1v) is 7.27. The third-order valence-corrected chi connectivity index (χ3v) is 4.10. The largest absolute Gasteiger partial charge is 0.468 e. The molecule has 0 amide bonds. The van der Waals surface area contributed by atoms with Gasteiger partial charge in [-0.1, -0.05) is 12.1 Å². The van der Waals surface area contributed by atoms with Crippen molar-refractivity contribution >= 4 is 5.97 Å². The van der Waals surface area contributed by atoms with Gasteiger partial charge in [-0.05, 0) is 37.5 Å². The summed E-state index contributed by atoms with van der Waals surface area (Å²) in [6, 6.07) is 6.29. The minimum absolute atomic E-state index is 0.120. The Bertz CT molecular complexity index is 494. The summed E-state index contributed by atoms with van der Waals surface area (Å²) in [4.78, 5) is 13.8. The molecule has 1 aromatic carbocycles. The number of hydrogen-bond acceptors (Lipinski definition) is 4. The Morgan fingerprint density at radius 2 is 2.33 bits per heavy atom. The third kappa shape index (κ3) is 4.02. The number of esters is 1. The van der Waals surface area contributed by atoms with Gasteiger partial charge >= 0.3 is 5.97 Å². The number of aliphatic hydroxyl groups excluding tert-OH is 1. The van der Waals surface area contributed by atoms with Crippen LogP contribution in [-0.2, 0) is 16.0 Å². The molecule has 21 heavy (non-hydrogen) atoms. The zero-order valence-corrected chi connectivity index (χ0v) is 12.5. The van der Waals surface area contributed by atoms with Crippen LogP contribution in [0.5, 0.6) is 0 Å². The smallest absolute Gasteiger partial charge is 0.323 e. The Morgan fingerprint density at radius 3 is 3.00 bits per heavy atom. The molecule has 1 unspecified atom stereocenters. The third-order valence-electron chi connectivity index (χ3n) is 4.10. The van der Waals surface area contributed by atoms with Crippen LogP contribution < -0.4 is 0 Å². The lowest BCUT2D eigenvalue weighted by Crippen LogP contribution is -2.42. The number of halogens is 1. The van der Waals surface area contributed by atoms with E-state index in [9.17, 15) is 14.3 Å². The summed E-state index contributed by atoms with van der Waals surface area (Å²) in [6.07, 6.45) is 1.45. The van der Waals surface area contributed by atoms with E-state index in [4.69, 9.17) is 4.74 Å². The first-order valence-electron chi connectivity index (χ1n) is 7.27. The van der Waals surface area contributed by atoms with E-state index < -0.39 is 6.10 Å². The Hall–Kier alpha value is -1.46. The molecular weight excluding hydrogens is 273 g/mol. The second-order valence-corrected chi connectivity index (χ2v) is 5.64. The standard InChI is InChI=1S/C16H22FNO3/c1-11(6-7-12-4-3-5-13(17)8-12)18-10-14(19)9-15(18)16(20)21-2/h3-5,8,11,14-15,19H,6-7,9-10H2,1-2H3/t11?,14-,15-/m0/s1. The molecule has 1 heterocycles. The van der Waals surface area contributed by atoms with Crippen LogP contribution in [0, 0.1) is 5.82 Å². The molecule has 1 aromatic rings. The first kappa shape index (κ1) is 15.9. The molecule has 0 aliphatic carbocycles. The summed E-state index contributed by atoms with van der Waals surface area (Å²) in [5.74, 6) is -0.534. The lowest BCUT2D eigenvalue weighted by atomic mass is 10.0. The van der Waals surface area contributed by atoms with Gasteiger partial charge in [0.15, 0.2) is 0 Å². The van der Waals surface area contributed by atoms with Crippen molar-refractivity contribution in [1.82, 2.24) is 4.90 Å². The molecule has 3 atom stereocenters. The van der Waals surface area contributed by atoms with Gasteiger partial charge in [0.25, 0.3) is 0 Å². The van der Waals surface area contributed by atoms with Crippen molar-refractivity contribution in [3.8, 4) is 0 Å². The van der Waals surface area contributed by atoms with Crippen LogP contribution in [0.15, 0.2) is 24.3 Å². The van der Waals surface area contributed by atoms with Crippen LogP contribution in [0.3, 0.4) is 0 Å². The number of ether oxygens (including phenoxy) is 1. The fourth-order valence-electron chi connectivity index (χ4n) is 2.93. The van der Waals surface area contributed by atoms with E-state index in [-0.39, 0.29) is 23.9 Å². The van der Waals surface area contributed by atoms with Gasteiger partial charge in [0.05, 0.1) is 13.2 Å². The average molecular weight is 295 g/mol. The van der Waals surface area contributed by atoms with Gasteiger partial charge in [-0.3, -0.25) is 9.69 Å². The van der Waals surface area contributed by atoms with E-state index in [0.717, 1.165) is 18.4 Å². The molecule has 1 fully saturated rings. The van der Waals surface area contributed by atoms with Crippen molar-refractivity contribution in [3.05, 3.63) is 35.6 Å². The molecule has 4 nitrogen and oxygen atoms in total. The molecule has 116 valence electrons. The van der Waals surface area contributed by atoms with Gasteiger partial charge in [0, 0.05) is 19.0 Å². The lowest BCUT2D eigenvalue weighted by Gasteiger charge is -2.28. The fraction of sp³-hybridized carbons (Fsp3) is 0.562. The lowest BCUT2D eigenvalue weighted by molar-refractivity contribution is -0.146. The highest BCUT2D eigenvalue weighted by Gasteiger charge is 2.38. The number of nitrogens with zero attached hydrogens (tertiary/aromatic N) is 1. The molecule has 0 spiro atoms. The number of aryl methyl sites for hydroxylation is 1. The topological polar surface area (TPSA) is 49.8 Å². The minimum Gasteiger partial charge on any atom is -0.468 e. The quantitative estimate of drug-likeness (QED) is 0.841. The van der Waals surface area contributed by atoms with Crippen molar-refractivity contribution < 1.29 is 19.0 Å². The molecule has 5 heteroatoms. The number of β-amino-alcohol motifs (C(OH)–C–C–N with tert-alkyl or cyclic N) is 1. The highest BCUT2D eigenvalue weighted by molar-refractivity contribution is 5.76. The van der Waals surface area contributed by atoms with Gasteiger partial charge in [0.1, 0.15) is 11.9 Å². The number of likely N-dealkylation sites (tertiary alicyclic amines) is 1. The van der Waals surface area contributed by atoms with E-state index in [1.54, 1.807) is 6.07 Å². The van der Waals surface area contributed by atoms with Gasteiger partial charge in [-0.2, -0.15) is 0 Å². The summed E-state index contributed by atoms with van der Waals surface area (Å²) in [6.45, 7) is 2.50. The predicted molar refractivity (Wildman–Crippen MR) is 77.3 cm³/mol. The van der Waals surface area contributed by atoms with E-state index in [2.05, 4.69) is 0 Å². The van der Waals surface area contributed by atoms with E-state index >= 15 is 0 Å². The summed E-state index contributed by atoms with van der Waals surface area (Å²) in [7, 11) is 1.36. The van der Waals surface area contributed by atoms with Gasteiger partial charge in [-0.25, -0.2) is 4.39 Å². The van der Waals surface area contributed by atoms with E-state index in [1.807, 2.05) is 17.9 Å². The van der Waals surface area contributed by atoms with E-state index in [1.165, 1.54) is 19.2 Å². The monoisotopic (exact) mass is 295 g/mol.